The second-order valence-corrected chi connectivity index (χ2v) is 1.58. The fraction of sp³-hybridized carbons (Fsp3) is 0.833. The number of rotatable bonds is 0. The minimum atomic E-state index is 0.103. The zero-order chi connectivity index (χ0) is 7.11. The largest absolute Gasteiger partial charge is 0.292 e. The summed E-state index contributed by atoms with van der Waals surface area (Å²) in [5, 5.41) is 0. The number of hydrogen-bond acceptors (Lipinski definition) is 2. The highest BCUT2D eigenvalue weighted by atomic mass is 16.2. The van der Waals surface area contributed by atoms with Crippen LogP contribution in [-0.4, -0.2) is 12.5 Å². The van der Waals surface area contributed by atoms with Crippen molar-refractivity contribution in [3.8, 4) is 0 Å². The maximum atomic E-state index is 10.3. The van der Waals surface area contributed by atoms with Crippen molar-refractivity contribution in [2.75, 3.05) is 6.54 Å². The summed E-state index contributed by atoms with van der Waals surface area (Å²) in [7, 11) is 0. The molecule has 0 bridgehead atoms. The first-order valence-corrected chi connectivity index (χ1v) is 3.41. The molecule has 9 heavy (non-hydrogen) atoms. The van der Waals surface area contributed by atoms with Crippen LogP contribution in [0, 0.1) is 0 Å². The molecule has 1 heterocycles. The Labute approximate surface area is 55.8 Å². The van der Waals surface area contributed by atoms with E-state index in [1.54, 1.807) is 0 Å². The topological polar surface area (TPSA) is 41.1 Å². The highest BCUT2D eigenvalue weighted by molar-refractivity contribution is 5.75. The molecule has 3 heteroatoms. The number of amides is 1. The lowest BCUT2D eigenvalue weighted by Gasteiger charge is -2.10. The van der Waals surface area contributed by atoms with Gasteiger partial charge in [0.15, 0.2) is 0 Å². The number of nitrogens with one attached hydrogen (secondary N) is 2. The third-order valence-electron chi connectivity index (χ3n) is 0.933. The molecule has 54 valence electrons. The van der Waals surface area contributed by atoms with Gasteiger partial charge in [0.1, 0.15) is 0 Å². The highest BCUT2D eigenvalue weighted by Crippen LogP contribution is 1.88. The van der Waals surface area contributed by atoms with E-state index in [0.29, 0.717) is 6.42 Å². The van der Waals surface area contributed by atoms with Crippen molar-refractivity contribution in [1.29, 1.82) is 0 Å². The Kier molecular flexibility index (Phi) is 5.21. The monoisotopic (exact) mass is 130 g/mol. The summed E-state index contributed by atoms with van der Waals surface area (Å²) in [6.45, 7) is 4.91. The molecule has 0 aliphatic carbocycles. The number of hydrazine groups is 1. The van der Waals surface area contributed by atoms with Crippen LogP contribution in [0.4, 0.5) is 0 Å². The number of hydrogen-bond donors (Lipinski definition) is 2. The minimum absolute atomic E-state index is 0.103. The van der Waals surface area contributed by atoms with Crippen LogP contribution in [0.5, 0.6) is 0 Å². The van der Waals surface area contributed by atoms with E-state index < -0.39 is 0 Å². The molecule has 1 fully saturated rings. The molecule has 0 radical (unpaired) electrons. The van der Waals surface area contributed by atoms with E-state index in [-0.39, 0.29) is 5.91 Å². The lowest BCUT2D eigenvalue weighted by Crippen LogP contribution is -2.42. The van der Waals surface area contributed by atoms with E-state index in [4.69, 9.17) is 0 Å². The molecule has 2 N–H and O–H groups in total. The zero-order valence-electron chi connectivity index (χ0n) is 6.03. The normalized spacial score (nSPS) is 17.3. The SMILES string of the molecule is CC.O=C1CCCNN1. The minimum Gasteiger partial charge on any atom is -0.292 e. The quantitative estimate of drug-likeness (QED) is 0.499. The zero-order valence-corrected chi connectivity index (χ0v) is 6.03. The van der Waals surface area contributed by atoms with Crippen LogP contribution in [0.15, 0.2) is 0 Å². The molecule has 1 saturated heterocycles. The third-order valence-corrected chi connectivity index (χ3v) is 0.933. The summed E-state index contributed by atoms with van der Waals surface area (Å²) in [5.41, 5.74) is 5.23. The van der Waals surface area contributed by atoms with E-state index in [2.05, 4.69) is 10.9 Å². The van der Waals surface area contributed by atoms with Gasteiger partial charge in [-0.2, -0.15) is 0 Å². The molecule has 3 nitrogen and oxygen atoms in total. The predicted octanol–water partition coefficient (Wildman–Crippen LogP) is 0.427. The van der Waals surface area contributed by atoms with Gasteiger partial charge in [0, 0.05) is 13.0 Å². The summed E-state index contributed by atoms with van der Waals surface area (Å²) >= 11 is 0. The molecule has 0 aromatic heterocycles. The molecule has 0 saturated carbocycles. The molecule has 0 unspecified atom stereocenters. The Morgan fingerprint density at radius 1 is 1.44 bits per heavy atom. The predicted molar refractivity (Wildman–Crippen MR) is 36.7 cm³/mol. The molecule has 1 aliphatic rings. The Morgan fingerprint density at radius 2 is 2.11 bits per heavy atom. The maximum Gasteiger partial charge on any atom is 0.234 e. The Balaban J connectivity index is 0.000000291. The summed E-state index contributed by atoms with van der Waals surface area (Å²) in [6, 6.07) is 0. The van der Waals surface area contributed by atoms with Gasteiger partial charge in [-0.25, -0.2) is 5.43 Å². The lowest BCUT2D eigenvalue weighted by atomic mass is 10.3. The van der Waals surface area contributed by atoms with Crippen LogP contribution in [-0.2, 0) is 4.79 Å². The molecular weight excluding hydrogens is 116 g/mol. The van der Waals surface area contributed by atoms with E-state index >= 15 is 0 Å². The Hall–Kier alpha value is -0.570. The van der Waals surface area contributed by atoms with Crippen molar-refractivity contribution in [1.82, 2.24) is 10.9 Å². The van der Waals surface area contributed by atoms with E-state index in [0.717, 1.165) is 13.0 Å². The van der Waals surface area contributed by atoms with Gasteiger partial charge in [-0.3, -0.25) is 10.2 Å². The lowest BCUT2D eigenvalue weighted by molar-refractivity contribution is -0.123. The van der Waals surface area contributed by atoms with Crippen molar-refractivity contribution in [3.63, 3.8) is 0 Å². The molecular formula is C6H14N2O. The molecule has 1 amide bonds. The van der Waals surface area contributed by atoms with E-state index in [9.17, 15) is 4.79 Å². The van der Waals surface area contributed by atoms with Crippen LogP contribution in [0.1, 0.15) is 26.7 Å². The van der Waals surface area contributed by atoms with Gasteiger partial charge in [0.2, 0.25) is 5.91 Å². The van der Waals surface area contributed by atoms with Crippen molar-refractivity contribution >= 4 is 5.91 Å². The van der Waals surface area contributed by atoms with Gasteiger partial charge in [-0.15, -0.1) is 0 Å². The van der Waals surface area contributed by atoms with Gasteiger partial charge in [-0.1, -0.05) is 13.8 Å². The number of carbonyl (C=O) groups excluding carboxylic acids is 1. The summed E-state index contributed by atoms with van der Waals surface area (Å²) in [5.74, 6) is 0.103. The van der Waals surface area contributed by atoms with Gasteiger partial charge >= 0.3 is 0 Å². The summed E-state index contributed by atoms with van der Waals surface area (Å²) in [6.07, 6.45) is 1.64. The second kappa shape index (κ2) is 5.56. The molecule has 0 aromatic rings. The van der Waals surface area contributed by atoms with Crippen molar-refractivity contribution in [3.05, 3.63) is 0 Å². The first kappa shape index (κ1) is 8.43. The average Bonchev–Trinajstić information content (AvgIpc) is 1.94. The first-order chi connectivity index (χ1) is 4.39. The van der Waals surface area contributed by atoms with Crippen molar-refractivity contribution in [2.45, 2.75) is 26.7 Å². The van der Waals surface area contributed by atoms with Crippen LogP contribution in [0.2, 0.25) is 0 Å². The van der Waals surface area contributed by atoms with E-state index in [1.807, 2.05) is 13.8 Å². The number of carbonyl (C=O) groups is 1. The average molecular weight is 130 g/mol. The van der Waals surface area contributed by atoms with Crippen molar-refractivity contribution in [2.24, 2.45) is 0 Å². The molecule has 0 aromatic carbocycles. The van der Waals surface area contributed by atoms with E-state index in [1.165, 1.54) is 0 Å². The smallest absolute Gasteiger partial charge is 0.234 e. The second-order valence-electron chi connectivity index (χ2n) is 1.58. The Morgan fingerprint density at radius 3 is 2.33 bits per heavy atom. The standard InChI is InChI=1S/C4H8N2O.C2H6/c7-4-2-1-3-5-6-4;1-2/h5H,1-3H2,(H,6,7);1-2H3. The van der Waals surface area contributed by atoms with Crippen LogP contribution >= 0.6 is 0 Å². The fourth-order valence-corrected chi connectivity index (χ4v) is 0.561. The first-order valence-electron chi connectivity index (χ1n) is 3.41. The molecule has 0 spiro atoms. The van der Waals surface area contributed by atoms with Gasteiger partial charge < -0.3 is 0 Å². The van der Waals surface area contributed by atoms with Crippen LogP contribution < -0.4 is 10.9 Å². The highest BCUT2D eigenvalue weighted by Gasteiger charge is 2.03. The summed E-state index contributed by atoms with van der Waals surface area (Å²) < 4.78 is 0. The molecule has 1 aliphatic heterocycles. The molecule has 1 rings (SSSR count). The van der Waals surface area contributed by atoms with Crippen LogP contribution in [0.3, 0.4) is 0 Å². The Bertz CT molecular complexity index is 75.1. The van der Waals surface area contributed by atoms with Crippen LogP contribution in [0.25, 0.3) is 0 Å². The van der Waals surface area contributed by atoms with Crippen molar-refractivity contribution < 1.29 is 4.79 Å². The summed E-state index contributed by atoms with van der Waals surface area (Å²) in [4.78, 5) is 10.3. The van der Waals surface area contributed by atoms with Gasteiger partial charge in [-0.05, 0) is 6.42 Å². The third kappa shape index (κ3) is 3.97. The van der Waals surface area contributed by atoms with Gasteiger partial charge in [0.05, 0.1) is 0 Å². The maximum absolute atomic E-state index is 10.3. The molecule has 0 atom stereocenters. The van der Waals surface area contributed by atoms with Gasteiger partial charge in [0.25, 0.3) is 0 Å². The fourth-order valence-electron chi connectivity index (χ4n) is 0.561.